The first-order chi connectivity index (χ1) is 29.5. The third-order valence-corrected chi connectivity index (χ3v) is 15.1. The molecule has 3 aliphatic rings. The van der Waals surface area contributed by atoms with E-state index in [9.17, 15) is 9.90 Å². The zero-order valence-corrected chi connectivity index (χ0v) is 39.4. The lowest BCUT2D eigenvalue weighted by molar-refractivity contribution is -0.209. The summed E-state index contributed by atoms with van der Waals surface area (Å²) in [6, 6.07) is 0.705. The Hall–Kier alpha value is -2.77. The molecule has 1 saturated carbocycles. The van der Waals surface area contributed by atoms with Gasteiger partial charge in [-0.1, -0.05) is 32.5 Å². The number of nitrogens with zero attached hydrogens (tertiary/aromatic N) is 9. The second-order valence-electron chi connectivity index (χ2n) is 16.9. The van der Waals surface area contributed by atoms with Gasteiger partial charge in [-0.05, 0) is 68.6 Å². The molecule has 1 N–H and O–H groups in total. The molecular formula is C37H61ClN9O13PSi. The van der Waals surface area contributed by atoms with Gasteiger partial charge in [-0.25, -0.2) is 14.2 Å². The molecule has 62 heavy (non-hydrogen) atoms. The van der Waals surface area contributed by atoms with E-state index in [-0.39, 0.29) is 82.4 Å². The highest BCUT2D eigenvalue weighted by atomic mass is 35.5. The smallest absolute Gasteiger partial charge is 0.413 e. The average molecular weight is 934 g/mol. The van der Waals surface area contributed by atoms with Gasteiger partial charge >= 0.3 is 13.7 Å². The minimum Gasteiger partial charge on any atom is -0.465 e. The normalized spacial score (nSPS) is 22.7. The van der Waals surface area contributed by atoms with Crippen LogP contribution in [0.1, 0.15) is 65.4 Å². The molecule has 348 valence electrons. The van der Waals surface area contributed by atoms with Gasteiger partial charge < -0.3 is 52.0 Å². The SMILES string of the molecule is CCOP(=O)(OCC)[C@](COCCOC)(COCc1nnnn1COCC[Si](C)(C)C)OC[C@H]1O[C@@H](n2ncc3c(N(C(=O)O)C4CCCC4)nc(Cl)nc32)[C@@H]2OC(C)(C)O[C@@H]21. The maximum atomic E-state index is 15.0. The summed E-state index contributed by atoms with van der Waals surface area (Å²) in [6.07, 6.45) is 0.195. The number of carboxylic acid groups (broad SMARTS) is 1. The van der Waals surface area contributed by atoms with Crippen molar-refractivity contribution in [2.24, 2.45) is 0 Å². The first-order valence-corrected chi connectivity index (χ1v) is 26.6. The molecule has 22 nitrogen and oxygen atoms in total. The fourth-order valence-electron chi connectivity index (χ4n) is 7.67. The maximum absolute atomic E-state index is 15.0. The fraction of sp³-hybridized carbons (Fsp3) is 0.811. The predicted molar refractivity (Wildman–Crippen MR) is 225 cm³/mol. The van der Waals surface area contributed by atoms with E-state index in [4.69, 9.17) is 58.5 Å². The summed E-state index contributed by atoms with van der Waals surface area (Å²) in [6.45, 7) is 13.8. The number of rotatable bonds is 25. The first kappa shape index (κ1) is 48.7. The number of halogens is 1. The summed E-state index contributed by atoms with van der Waals surface area (Å²) < 4.78 is 79.4. The van der Waals surface area contributed by atoms with Crippen LogP contribution in [0.3, 0.4) is 0 Å². The molecule has 0 radical (unpaired) electrons. The van der Waals surface area contributed by atoms with Crippen LogP contribution in [-0.4, -0.2) is 155 Å². The Kier molecular flexibility index (Phi) is 16.5. The van der Waals surface area contributed by atoms with E-state index in [1.54, 1.807) is 27.7 Å². The minimum absolute atomic E-state index is 0.0180. The number of hydrogen-bond donors (Lipinski definition) is 1. The summed E-state index contributed by atoms with van der Waals surface area (Å²) in [5.74, 6) is -0.559. The highest BCUT2D eigenvalue weighted by Gasteiger charge is 2.59. The largest absolute Gasteiger partial charge is 0.465 e. The minimum atomic E-state index is -4.23. The van der Waals surface area contributed by atoms with Crippen LogP contribution in [0.4, 0.5) is 10.6 Å². The van der Waals surface area contributed by atoms with Gasteiger partial charge in [0, 0.05) is 27.8 Å². The molecule has 0 aromatic carbocycles. The molecule has 0 bridgehead atoms. The maximum Gasteiger partial charge on any atom is 0.413 e. The monoisotopic (exact) mass is 933 g/mol. The van der Waals surface area contributed by atoms with Crippen LogP contribution in [0.15, 0.2) is 6.20 Å². The van der Waals surface area contributed by atoms with E-state index in [0.29, 0.717) is 30.7 Å². The van der Waals surface area contributed by atoms with Crippen molar-refractivity contribution in [1.29, 1.82) is 0 Å². The summed E-state index contributed by atoms with van der Waals surface area (Å²) >= 11 is 6.48. The zero-order chi connectivity index (χ0) is 44.7. The van der Waals surface area contributed by atoms with Crippen molar-refractivity contribution in [2.75, 3.05) is 64.9 Å². The van der Waals surface area contributed by atoms with Crippen LogP contribution in [0, 0.1) is 0 Å². The summed E-state index contributed by atoms with van der Waals surface area (Å²) in [5.41, 5.74) is 0.234. The van der Waals surface area contributed by atoms with E-state index in [2.05, 4.69) is 50.2 Å². The number of anilines is 1. The van der Waals surface area contributed by atoms with E-state index in [1.807, 2.05) is 0 Å². The van der Waals surface area contributed by atoms with Gasteiger partial charge in [-0.15, -0.1) is 5.10 Å². The second kappa shape index (κ2) is 21.0. The molecule has 5 atom stereocenters. The van der Waals surface area contributed by atoms with Gasteiger partial charge in [0.25, 0.3) is 0 Å². The number of hydrogen-bond acceptors (Lipinski definition) is 18. The molecular weight excluding hydrogens is 873 g/mol. The van der Waals surface area contributed by atoms with Crippen molar-refractivity contribution in [3.05, 3.63) is 17.3 Å². The lowest BCUT2D eigenvalue weighted by Gasteiger charge is -2.39. The third kappa shape index (κ3) is 11.4. The van der Waals surface area contributed by atoms with Gasteiger partial charge in [-0.2, -0.15) is 15.1 Å². The van der Waals surface area contributed by atoms with Crippen LogP contribution in [0.2, 0.25) is 31.0 Å². The van der Waals surface area contributed by atoms with Crippen LogP contribution in [0.25, 0.3) is 11.0 Å². The molecule has 3 aromatic heterocycles. The Labute approximate surface area is 366 Å². The molecule has 0 spiro atoms. The highest BCUT2D eigenvalue weighted by molar-refractivity contribution is 7.55. The topological polar surface area (TPSA) is 237 Å². The zero-order valence-electron chi connectivity index (χ0n) is 36.8. The van der Waals surface area contributed by atoms with Gasteiger partial charge in [0.15, 0.2) is 29.3 Å². The molecule has 3 aromatic rings. The number of amides is 1. The molecule has 6 rings (SSSR count). The Morgan fingerprint density at radius 3 is 2.44 bits per heavy atom. The van der Waals surface area contributed by atoms with Gasteiger partial charge in [0.05, 0.1) is 57.8 Å². The molecule has 25 heteroatoms. The summed E-state index contributed by atoms with van der Waals surface area (Å²) in [7, 11) is -4.00. The Balaban J connectivity index is 1.28. The van der Waals surface area contributed by atoms with Crippen molar-refractivity contribution in [3.8, 4) is 0 Å². The van der Waals surface area contributed by atoms with Gasteiger partial charge in [0.2, 0.25) is 10.6 Å². The van der Waals surface area contributed by atoms with Crippen molar-refractivity contribution < 1.29 is 61.4 Å². The Bertz CT molecular complexity index is 1980. The number of ether oxygens (including phenoxy) is 8. The van der Waals surface area contributed by atoms with Crippen molar-refractivity contribution in [3.63, 3.8) is 0 Å². The molecule has 1 amide bonds. The molecule has 3 fully saturated rings. The quantitative estimate of drug-likeness (QED) is 0.0479. The number of tetrazole rings is 1. The molecule has 2 aliphatic heterocycles. The standard InChI is InChI=1S/C37H61ClN9O13PSi/c1-9-56-61(50,57-10-2)37(22-52-16-15-51-5,23-54-21-28-42-43-44-45(28)24-53-17-18-62(6,7)8)55-20-27-29-30(60-36(3,4)59-29)33(58-27)47-32-26(19-39-47)31(40-34(38)41-32)46(35(48)49)25-13-11-12-14-25/h19,25,27,29-30,33H,9-18,20-24H2,1-8H3,(H,48,49)/t27-,29-,30-,33-,37-/m1/s1. The van der Waals surface area contributed by atoms with E-state index < -0.39 is 57.4 Å². The first-order valence-electron chi connectivity index (χ1n) is 21.0. The Morgan fingerprint density at radius 1 is 1.05 bits per heavy atom. The number of carbonyl (C=O) groups is 1. The van der Waals surface area contributed by atoms with E-state index >= 15 is 4.57 Å². The molecule has 1 aliphatic carbocycles. The Morgan fingerprint density at radius 2 is 1.76 bits per heavy atom. The van der Waals surface area contributed by atoms with Crippen LogP contribution < -0.4 is 4.90 Å². The van der Waals surface area contributed by atoms with Crippen molar-refractivity contribution in [2.45, 2.75) is 134 Å². The molecule has 2 saturated heterocycles. The number of methoxy groups -OCH3 is 1. The highest BCUT2D eigenvalue weighted by Crippen LogP contribution is 2.61. The molecule has 5 heterocycles. The van der Waals surface area contributed by atoms with Crippen LogP contribution in [0.5, 0.6) is 0 Å². The predicted octanol–water partition coefficient (Wildman–Crippen LogP) is 5.48. The van der Waals surface area contributed by atoms with E-state index in [1.165, 1.54) is 27.6 Å². The van der Waals surface area contributed by atoms with Gasteiger partial charge in [-0.3, -0.25) is 9.46 Å². The number of fused-ring (bicyclic) bond motifs is 2. The summed E-state index contributed by atoms with van der Waals surface area (Å²) in [5, 5.41) is 25.3. The number of aromatic nitrogens is 8. The second-order valence-corrected chi connectivity index (χ2v) is 25.2. The van der Waals surface area contributed by atoms with Crippen LogP contribution >= 0.6 is 19.2 Å². The molecule has 0 unspecified atom stereocenters. The van der Waals surface area contributed by atoms with E-state index in [0.717, 1.165) is 18.9 Å². The van der Waals surface area contributed by atoms with Gasteiger partial charge in [0.1, 0.15) is 31.6 Å². The van der Waals surface area contributed by atoms with Crippen LogP contribution in [-0.2, 0) is 64.8 Å². The van der Waals surface area contributed by atoms with Crippen molar-refractivity contribution >= 4 is 50.2 Å². The lowest BCUT2D eigenvalue weighted by Crippen LogP contribution is -2.47. The average Bonchev–Trinajstić information content (AvgIpc) is 4.05. The summed E-state index contributed by atoms with van der Waals surface area (Å²) in [4.78, 5) is 22.7. The third-order valence-electron chi connectivity index (χ3n) is 10.6. The lowest BCUT2D eigenvalue weighted by atomic mass is 10.1. The fourth-order valence-corrected chi connectivity index (χ4v) is 10.5. The van der Waals surface area contributed by atoms with Crippen molar-refractivity contribution in [1.82, 2.24) is 40.0 Å².